The van der Waals surface area contributed by atoms with Crippen LogP contribution in [0.5, 0.6) is 11.5 Å². The zero-order chi connectivity index (χ0) is 16.7. The number of aromatic nitrogens is 1. The number of hydrogen-bond acceptors (Lipinski definition) is 4. The number of nitrogens with zero attached hydrogens (tertiary/aromatic N) is 2. The Morgan fingerprint density at radius 2 is 1.96 bits per heavy atom. The van der Waals surface area contributed by atoms with E-state index in [-0.39, 0.29) is 0 Å². The number of aryl methyl sites for hydroxylation is 1. The third-order valence-corrected chi connectivity index (χ3v) is 3.31. The van der Waals surface area contributed by atoms with E-state index in [0.717, 1.165) is 23.4 Å². The smallest absolute Gasteiger partial charge is 0.193 e. The fourth-order valence-electron chi connectivity index (χ4n) is 2.05. The lowest BCUT2D eigenvalue weighted by Crippen LogP contribution is -2.23. The lowest BCUT2D eigenvalue weighted by Gasteiger charge is -2.10. The molecule has 0 unspecified atom stereocenters. The first kappa shape index (κ1) is 16.6. The maximum atomic E-state index is 5.91. The van der Waals surface area contributed by atoms with Gasteiger partial charge in [0.25, 0.3) is 0 Å². The number of nitrogens with one attached hydrogen (secondary N) is 1. The van der Waals surface area contributed by atoms with Crippen molar-refractivity contribution < 1.29 is 9.47 Å². The summed E-state index contributed by atoms with van der Waals surface area (Å²) in [4.78, 5) is 8.58. The molecule has 0 aliphatic heterocycles. The van der Waals surface area contributed by atoms with Crippen LogP contribution in [0.3, 0.4) is 0 Å². The molecule has 0 atom stereocenters. The highest BCUT2D eigenvalue weighted by Gasteiger charge is 2.05. The number of anilines is 1. The van der Waals surface area contributed by atoms with Crippen LogP contribution in [-0.2, 0) is 6.42 Å². The van der Waals surface area contributed by atoms with Crippen LogP contribution >= 0.6 is 0 Å². The van der Waals surface area contributed by atoms with Gasteiger partial charge in [0.15, 0.2) is 17.5 Å². The second kappa shape index (κ2) is 8.03. The summed E-state index contributed by atoms with van der Waals surface area (Å²) in [7, 11) is 3.19. The van der Waals surface area contributed by atoms with Crippen molar-refractivity contribution in [3.05, 3.63) is 47.8 Å². The molecule has 1 aromatic heterocycles. The first-order chi connectivity index (χ1) is 11.1. The zero-order valence-corrected chi connectivity index (χ0v) is 13.7. The van der Waals surface area contributed by atoms with Gasteiger partial charge >= 0.3 is 0 Å². The van der Waals surface area contributed by atoms with Crippen molar-refractivity contribution >= 4 is 11.6 Å². The minimum absolute atomic E-state index is 0.359. The summed E-state index contributed by atoms with van der Waals surface area (Å²) >= 11 is 0. The average molecular weight is 314 g/mol. The zero-order valence-electron chi connectivity index (χ0n) is 13.7. The largest absolute Gasteiger partial charge is 0.493 e. The topological polar surface area (TPSA) is 81.8 Å². The maximum Gasteiger partial charge on any atom is 0.193 e. The Morgan fingerprint density at radius 3 is 2.61 bits per heavy atom. The number of rotatable bonds is 6. The van der Waals surface area contributed by atoms with Crippen molar-refractivity contribution in [1.82, 2.24) is 4.98 Å². The van der Waals surface area contributed by atoms with Crippen molar-refractivity contribution in [3.8, 4) is 11.5 Å². The highest BCUT2D eigenvalue weighted by Crippen LogP contribution is 2.29. The quantitative estimate of drug-likeness (QED) is 0.632. The molecule has 1 heterocycles. The molecule has 2 rings (SSSR count). The Balaban J connectivity index is 1.92. The van der Waals surface area contributed by atoms with Crippen molar-refractivity contribution in [1.29, 1.82) is 0 Å². The SMILES string of the molecule is COc1ccc(NC(N)=NCCc2ccc(C)nc2)cc1OC. The average Bonchev–Trinajstić information content (AvgIpc) is 2.56. The number of aliphatic imine (C=N–C) groups is 1. The summed E-state index contributed by atoms with van der Waals surface area (Å²) in [6.07, 6.45) is 2.66. The van der Waals surface area contributed by atoms with Crippen LogP contribution in [0.1, 0.15) is 11.3 Å². The van der Waals surface area contributed by atoms with E-state index in [0.29, 0.717) is 24.0 Å². The van der Waals surface area contributed by atoms with Crippen molar-refractivity contribution in [3.63, 3.8) is 0 Å². The molecule has 1 aromatic carbocycles. The molecule has 0 aliphatic rings. The Kier molecular flexibility index (Phi) is 5.80. The summed E-state index contributed by atoms with van der Waals surface area (Å²) in [5.41, 5.74) is 8.84. The van der Waals surface area contributed by atoms with E-state index in [1.807, 2.05) is 37.4 Å². The number of nitrogens with two attached hydrogens (primary N) is 1. The van der Waals surface area contributed by atoms with E-state index >= 15 is 0 Å². The van der Waals surface area contributed by atoms with Crippen molar-refractivity contribution in [2.75, 3.05) is 26.1 Å². The molecule has 6 nitrogen and oxygen atoms in total. The minimum Gasteiger partial charge on any atom is -0.493 e. The van der Waals surface area contributed by atoms with Gasteiger partial charge in [0.05, 0.1) is 14.2 Å². The number of methoxy groups -OCH3 is 2. The van der Waals surface area contributed by atoms with Gasteiger partial charge in [-0.1, -0.05) is 6.07 Å². The molecule has 2 aromatic rings. The number of ether oxygens (including phenoxy) is 2. The Hall–Kier alpha value is -2.76. The molecular weight excluding hydrogens is 292 g/mol. The van der Waals surface area contributed by atoms with E-state index < -0.39 is 0 Å². The van der Waals surface area contributed by atoms with Crippen molar-refractivity contribution in [2.24, 2.45) is 10.7 Å². The molecule has 0 amide bonds. The van der Waals surface area contributed by atoms with Crippen LogP contribution in [0.15, 0.2) is 41.5 Å². The first-order valence-corrected chi connectivity index (χ1v) is 7.33. The van der Waals surface area contributed by atoms with Gasteiger partial charge in [-0.25, -0.2) is 0 Å². The van der Waals surface area contributed by atoms with Gasteiger partial charge in [-0.3, -0.25) is 9.98 Å². The van der Waals surface area contributed by atoms with E-state index in [1.165, 1.54) is 0 Å². The van der Waals surface area contributed by atoms with Crippen LogP contribution in [-0.4, -0.2) is 31.7 Å². The Morgan fingerprint density at radius 1 is 1.17 bits per heavy atom. The molecule has 6 heteroatoms. The van der Waals surface area contributed by atoms with Crippen LogP contribution in [0.2, 0.25) is 0 Å². The molecule has 0 spiro atoms. The Labute approximate surface area is 136 Å². The lowest BCUT2D eigenvalue weighted by atomic mass is 10.2. The molecule has 0 aliphatic carbocycles. The van der Waals surface area contributed by atoms with Gasteiger partial charge in [0, 0.05) is 30.2 Å². The number of hydrogen-bond donors (Lipinski definition) is 2. The summed E-state index contributed by atoms with van der Waals surface area (Å²) < 4.78 is 10.5. The van der Waals surface area contributed by atoms with Gasteiger partial charge < -0.3 is 20.5 Å². The Bertz CT molecular complexity index is 669. The van der Waals surface area contributed by atoms with E-state index in [9.17, 15) is 0 Å². The normalized spacial score (nSPS) is 11.2. The molecule has 0 fully saturated rings. The molecule has 0 saturated carbocycles. The summed E-state index contributed by atoms with van der Waals surface area (Å²) in [5.74, 6) is 1.66. The molecule has 23 heavy (non-hydrogen) atoms. The predicted molar refractivity (Wildman–Crippen MR) is 92.3 cm³/mol. The predicted octanol–water partition coefficient (Wildman–Crippen LogP) is 2.38. The van der Waals surface area contributed by atoms with Crippen LogP contribution in [0.4, 0.5) is 5.69 Å². The molecule has 0 bridgehead atoms. The standard InChI is InChI=1S/C17H22N4O2/c1-12-4-5-13(11-20-12)8-9-19-17(18)21-14-6-7-15(22-2)16(10-14)23-3/h4-7,10-11H,8-9H2,1-3H3,(H3,18,19,21). The fourth-order valence-corrected chi connectivity index (χ4v) is 2.05. The highest BCUT2D eigenvalue weighted by atomic mass is 16.5. The third-order valence-electron chi connectivity index (χ3n) is 3.31. The van der Waals surface area contributed by atoms with Gasteiger partial charge in [-0.15, -0.1) is 0 Å². The van der Waals surface area contributed by atoms with Crippen LogP contribution in [0.25, 0.3) is 0 Å². The third kappa shape index (κ3) is 4.88. The summed E-state index contributed by atoms with van der Waals surface area (Å²) in [6.45, 7) is 2.56. The lowest BCUT2D eigenvalue weighted by molar-refractivity contribution is 0.355. The van der Waals surface area contributed by atoms with Gasteiger partial charge in [0.2, 0.25) is 0 Å². The summed E-state index contributed by atoms with van der Waals surface area (Å²) in [5, 5.41) is 3.04. The number of benzene rings is 1. The minimum atomic E-state index is 0.359. The van der Waals surface area contributed by atoms with Crippen molar-refractivity contribution in [2.45, 2.75) is 13.3 Å². The first-order valence-electron chi connectivity index (χ1n) is 7.33. The number of guanidine groups is 1. The summed E-state index contributed by atoms with van der Waals surface area (Å²) in [6, 6.07) is 9.52. The molecule has 0 radical (unpaired) electrons. The van der Waals surface area contributed by atoms with E-state index in [4.69, 9.17) is 15.2 Å². The molecule has 0 saturated heterocycles. The maximum absolute atomic E-state index is 5.91. The van der Waals surface area contributed by atoms with Gasteiger partial charge in [-0.2, -0.15) is 0 Å². The van der Waals surface area contributed by atoms with Crippen LogP contribution < -0.4 is 20.5 Å². The fraction of sp³-hybridized carbons (Fsp3) is 0.294. The second-order valence-corrected chi connectivity index (χ2v) is 5.02. The van der Waals surface area contributed by atoms with Gasteiger partial charge in [-0.05, 0) is 37.1 Å². The number of pyridine rings is 1. The second-order valence-electron chi connectivity index (χ2n) is 5.02. The highest BCUT2D eigenvalue weighted by molar-refractivity contribution is 5.92. The molecular formula is C17H22N4O2. The molecule has 3 N–H and O–H groups in total. The monoisotopic (exact) mass is 314 g/mol. The van der Waals surface area contributed by atoms with E-state index in [1.54, 1.807) is 14.2 Å². The van der Waals surface area contributed by atoms with Crippen LogP contribution in [0, 0.1) is 6.92 Å². The van der Waals surface area contributed by atoms with Gasteiger partial charge in [0.1, 0.15) is 0 Å². The van der Waals surface area contributed by atoms with E-state index in [2.05, 4.69) is 21.4 Å². The molecule has 122 valence electrons.